The molecule has 2 N–H and O–H groups in total. The number of carbonyl (C=O) groups is 3. The molecular formula is C45H42N4O6. The van der Waals surface area contributed by atoms with Crippen molar-refractivity contribution in [1.29, 1.82) is 5.26 Å². The Morgan fingerprint density at radius 2 is 1.62 bits per heavy atom. The van der Waals surface area contributed by atoms with Crippen LogP contribution >= 0.6 is 0 Å². The zero-order chi connectivity index (χ0) is 38.6. The topological polar surface area (TPSA) is 132 Å². The molecule has 0 fully saturated rings. The third kappa shape index (κ3) is 7.66. The number of carbonyl (C=O) groups excluding carboxylic acids is 3. The quantitative estimate of drug-likeness (QED) is 0.150. The number of amides is 2. The summed E-state index contributed by atoms with van der Waals surface area (Å²) in [7, 11) is 3.03. The Morgan fingerprint density at radius 1 is 0.945 bits per heavy atom. The molecule has 2 aliphatic heterocycles. The maximum Gasteiger partial charge on any atom is 0.328 e. The molecule has 55 heavy (non-hydrogen) atoms. The molecule has 0 saturated carbocycles. The summed E-state index contributed by atoms with van der Waals surface area (Å²) in [6.45, 7) is 2.53. The summed E-state index contributed by atoms with van der Waals surface area (Å²) < 4.78 is 11.5. The second-order valence-electron chi connectivity index (χ2n) is 14.0. The maximum atomic E-state index is 14.5. The predicted octanol–water partition coefficient (Wildman–Crippen LogP) is 6.81. The molecule has 10 heteroatoms. The van der Waals surface area contributed by atoms with Crippen molar-refractivity contribution in [2.24, 2.45) is 0 Å². The number of anilines is 1. The van der Waals surface area contributed by atoms with E-state index in [4.69, 9.17) is 14.7 Å². The van der Waals surface area contributed by atoms with Gasteiger partial charge in [0, 0.05) is 31.6 Å². The average Bonchev–Trinajstić information content (AvgIpc) is 3.22. The lowest BCUT2D eigenvalue weighted by molar-refractivity contribution is -0.146. The van der Waals surface area contributed by atoms with Crippen LogP contribution in [0.3, 0.4) is 0 Å². The van der Waals surface area contributed by atoms with Crippen LogP contribution in [0.1, 0.15) is 58.9 Å². The summed E-state index contributed by atoms with van der Waals surface area (Å²) in [6, 6.07) is 36.0. The maximum absolute atomic E-state index is 14.5. The minimum atomic E-state index is -0.934. The number of phenolic OH excluding ortho intramolecular Hbond substituents is 1. The molecule has 5 aromatic carbocycles. The number of fused-ring (bicyclic) bond motifs is 2. The van der Waals surface area contributed by atoms with Crippen LogP contribution in [0.25, 0.3) is 11.1 Å². The van der Waals surface area contributed by atoms with Crippen LogP contribution in [0.2, 0.25) is 0 Å². The van der Waals surface area contributed by atoms with Crippen molar-refractivity contribution in [2.45, 2.75) is 57.0 Å². The summed E-state index contributed by atoms with van der Waals surface area (Å²) in [5.41, 5.74) is 7.57. The number of esters is 1. The minimum Gasteiger partial charge on any atom is -0.508 e. The van der Waals surface area contributed by atoms with Gasteiger partial charge in [-0.3, -0.25) is 14.5 Å². The molecule has 0 aliphatic carbocycles. The molecule has 0 aromatic heterocycles. The number of benzene rings is 5. The van der Waals surface area contributed by atoms with Gasteiger partial charge in [-0.15, -0.1) is 0 Å². The Kier molecular flexibility index (Phi) is 10.7. The largest absolute Gasteiger partial charge is 0.508 e. The molecule has 0 radical (unpaired) electrons. The molecule has 2 amide bonds. The number of methoxy groups -OCH3 is 1. The highest BCUT2D eigenvalue weighted by Crippen LogP contribution is 2.43. The van der Waals surface area contributed by atoms with E-state index in [0.717, 1.165) is 39.8 Å². The highest BCUT2D eigenvalue weighted by Gasteiger charge is 2.40. The van der Waals surface area contributed by atoms with E-state index in [1.54, 1.807) is 36.2 Å². The monoisotopic (exact) mass is 734 g/mol. The molecule has 0 saturated heterocycles. The van der Waals surface area contributed by atoms with E-state index >= 15 is 0 Å². The molecule has 5 aromatic rings. The summed E-state index contributed by atoms with van der Waals surface area (Å²) >= 11 is 0. The van der Waals surface area contributed by atoms with Gasteiger partial charge in [0.2, 0.25) is 12.0 Å². The van der Waals surface area contributed by atoms with Crippen molar-refractivity contribution >= 4 is 23.5 Å². The zero-order valence-electron chi connectivity index (χ0n) is 30.9. The van der Waals surface area contributed by atoms with E-state index in [2.05, 4.69) is 35.3 Å². The Morgan fingerprint density at radius 3 is 2.25 bits per heavy atom. The van der Waals surface area contributed by atoms with Crippen molar-refractivity contribution in [1.82, 2.24) is 10.2 Å². The number of hydrogen-bond donors (Lipinski definition) is 2. The number of rotatable bonds is 10. The average molecular weight is 735 g/mol. The molecular weight excluding hydrogens is 693 g/mol. The number of aromatic hydroxyl groups is 1. The zero-order valence-corrected chi connectivity index (χ0v) is 30.9. The molecule has 2 aliphatic rings. The van der Waals surface area contributed by atoms with Crippen molar-refractivity contribution in [3.05, 3.63) is 149 Å². The smallest absolute Gasteiger partial charge is 0.328 e. The van der Waals surface area contributed by atoms with Crippen LogP contribution in [0.4, 0.5) is 5.69 Å². The standard InChI is InChI=1S/C45H42N4O6/c1-4-38(32-8-6-5-7-9-32)49-27-35-25-41-39(48(2)44(52)42(55-41)33-18-20-36(50)21-19-33)23-34(35)24-40(49)43(51)47-37(45(53)54-3)22-28-10-14-30(15-11-28)31-16-12-29(26-46)13-17-31/h5-21,23,25,37-38,40,42,50H,4,22,24,27H2,1-3H3,(H,47,51)/t37-,38+,40?,42+/m0/s1. The van der Waals surface area contributed by atoms with Crippen molar-refractivity contribution in [3.63, 3.8) is 0 Å². The molecule has 7 rings (SSSR count). The first kappa shape index (κ1) is 36.9. The van der Waals surface area contributed by atoms with Gasteiger partial charge >= 0.3 is 5.97 Å². The van der Waals surface area contributed by atoms with Crippen LogP contribution in [-0.4, -0.2) is 54.0 Å². The van der Waals surface area contributed by atoms with Gasteiger partial charge < -0.3 is 24.8 Å². The number of nitrogens with one attached hydrogen (secondary N) is 1. The lowest BCUT2D eigenvalue weighted by atomic mass is 9.88. The number of ether oxygens (including phenoxy) is 2. The van der Waals surface area contributed by atoms with Gasteiger partial charge in [-0.05, 0) is 82.6 Å². The van der Waals surface area contributed by atoms with Gasteiger partial charge in [-0.2, -0.15) is 5.26 Å². The fourth-order valence-corrected chi connectivity index (χ4v) is 7.63. The number of hydrogen-bond acceptors (Lipinski definition) is 8. The fraction of sp³-hybridized carbons (Fsp3) is 0.244. The summed E-state index contributed by atoms with van der Waals surface area (Å²) in [5, 5.41) is 22.0. The van der Waals surface area contributed by atoms with Gasteiger partial charge in [0.25, 0.3) is 5.91 Å². The summed E-state index contributed by atoms with van der Waals surface area (Å²) in [6.07, 6.45) is 0.431. The third-order valence-electron chi connectivity index (χ3n) is 10.6. The lowest BCUT2D eigenvalue weighted by Crippen LogP contribution is -2.55. The predicted molar refractivity (Wildman–Crippen MR) is 208 cm³/mol. The van der Waals surface area contributed by atoms with E-state index < -0.39 is 24.2 Å². The van der Waals surface area contributed by atoms with Crippen LogP contribution in [-0.2, 0) is 38.5 Å². The molecule has 10 nitrogen and oxygen atoms in total. The second kappa shape index (κ2) is 15.9. The van der Waals surface area contributed by atoms with E-state index in [1.165, 1.54) is 19.2 Å². The summed E-state index contributed by atoms with van der Waals surface area (Å²) in [5.74, 6) is -0.422. The fourth-order valence-electron chi connectivity index (χ4n) is 7.63. The van der Waals surface area contributed by atoms with E-state index in [9.17, 15) is 19.5 Å². The van der Waals surface area contributed by atoms with Crippen molar-refractivity contribution < 1.29 is 29.0 Å². The first-order valence-electron chi connectivity index (χ1n) is 18.3. The lowest BCUT2D eigenvalue weighted by Gasteiger charge is -2.42. The van der Waals surface area contributed by atoms with Crippen LogP contribution < -0.4 is 15.0 Å². The first-order valence-corrected chi connectivity index (χ1v) is 18.3. The van der Waals surface area contributed by atoms with E-state index in [-0.39, 0.29) is 30.0 Å². The summed E-state index contributed by atoms with van der Waals surface area (Å²) in [4.78, 5) is 45.0. The van der Waals surface area contributed by atoms with Gasteiger partial charge in [-0.25, -0.2) is 4.79 Å². The molecule has 278 valence electrons. The van der Waals surface area contributed by atoms with Crippen LogP contribution in [0.15, 0.2) is 115 Å². The number of likely N-dealkylation sites (N-methyl/N-ethyl adjacent to an activating group) is 1. The highest BCUT2D eigenvalue weighted by molar-refractivity contribution is 6.00. The third-order valence-corrected chi connectivity index (χ3v) is 10.6. The second-order valence-corrected chi connectivity index (χ2v) is 14.0. The number of phenols is 1. The number of nitrogens with zero attached hydrogens (tertiary/aromatic N) is 3. The Labute approximate surface area is 320 Å². The Bertz CT molecular complexity index is 2230. The highest BCUT2D eigenvalue weighted by atomic mass is 16.5. The molecule has 0 spiro atoms. The molecule has 4 atom stereocenters. The minimum absolute atomic E-state index is 0.102. The first-order chi connectivity index (χ1) is 26.7. The van der Waals surface area contributed by atoms with Crippen molar-refractivity contribution in [3.8, 4) is 28.7 Å². The Hall–Kier alpha value is -6.44. The van der Waals surface area contributed by atoms with Gasteiger partial charge in [-0.1, -0.05) is 85.8 Å². The van der Waals surface area contributed by atoms with Crippen LogP contribution in [0.5, 0.6) is 11.5 Å². The molecule has 1 unspecified atom stereocenters. The number of nitriles is 1. The van der Waals surface area contributed by atoms with Crippen molar-refractivity contribution in [2.75, 3.05) is 19.1 Å². The molecule has 0 bridgehead atoms. The Balaban J connectivity index is 1.17. The van der Waals surface area contributed by atoms with E-state index in [0.29, 0.717) is 35.5 Å². The van der Waals surface area contributed by atoms with Gasteiger partial charge in [0.1, 0.15) is 17.5 Å². The van der Waals surface area contributed by atoms with Gasteiger partial charge in [0.05, 0.1) is 30.5 Å². The normalized spacial score (nSPS) is 17.5. The van der Waals surface area contributed by atoms with E-state index in [1.807, 2.05) is 66.7 Å². The van der Waals surface area contributed by atoms with Crippen LogP contribution in [0, 0.1) is 11.3 Å². The van der Waals surface area contributed by atoms with Gasteiger partial charge in [0.15, 0.2) is 0 Å². The SMILES string of the molecule is CC[C@H](c1ccccc1)N1Cc2cc3c(cc2CC1C(=O)N[C@@H](Cc1ccc(-c2ccc(C#N)cc2)cc1)C(=O)OC)N(C)C(=O)[C@@H](c1ccc(O)cc1)O3. The molecule has 2 heterocycles.